The Bertz CT molecular complexity index is 829. The van der Waals surface area contributed by atoms with E-state index in [-0.39, 0.29) is 10.9 Å². The summed E-state index contributed by atoms with van der Waals surface area (Å²) < 4.78 is 64.8. The molecular weight excluding hydrogens is 327 g/mol. The first-order valence-corrected chi connectivity index (χ1v) is 8.45. The first-order valence-electron chi connectivity index (χ1n) is 7.01. The fourth-order valence-corrected chi connectivity index (χ4v) is 4.53. The van der Waals surface area contributed by atoms with Crippen LogP contribution in [0.5, 0.6) is 0 Å². The summed E-state index contributed by atoms with van der Waals surface area (Å²) in [5.74, 6) is 0. The molecule has 0 saturated carbocycles. The van der Waals surface area contributed by atoms with E-state index >= 15 is 0 Å². The normalized spacial score (nSPS) is 18.1. The molecule has 1 atom stereocenters. The minimum Gasteiger partial charge on any atom is -0.263 e. The van der Waals surface area contributed by atoms with Gasteiger partial charge in [-0.25, -0.2) is 8.42 Å². The Morgan fingerprint density at radius 1 is 1.04 bits per heavy atom. The van der Waals surface area contributed by atoms with Crippen LogP contribution in [-0.4, -0.2) is 14.5 Å². The minimum atomic E-state index is -4.49. The molecule has 122 valence electrons. The molecule has 0 unspecified atom stereocenters. The quantitative estimate of drug-likeness (QED) is 0.832. The van der Waals surface area contributed by atoms with E-state index in [2.05, 4.69) is 0 Å². The first-order chi connectivity index (χ1) is 10.7. The third kappa shape index (κ3) is 2.69. The highest BCUT2D eigenvalue weighted by molar-refractivity contribution is 7.92. The molecule has 7 heteroatoms. The van der Waals surface area contributed by atoms with Crippen molar-refractivity contribution in [2.45, 2.75) is 30.5 Å². The van der Waals surface area contributed by atoms with Gasteiger partial charge >= 0.3 is 6.18 Å². The second-order valence-electron chi connectivity index (χ2n) is 5.50. The highest BCUT2D eigenvalue weighted by atomic mass is 32.2. The third-order valence-corrected chi connectivity index (χ3v) is 5.83. The molecule has 0 amide bonds. The van der Waals surface area contributed by atoms with Gasteiger partial charge in [0.05, 0.1) is 16.1 Å². The van der Waals surface area contributed by atoms with E-state index in [4.69, 9.17) is 0 Å². The summed E-state index contributed by atoms with van der Waals surface area (Å²) in [6.07, 6.45) is -3.91. The van der Waals surface area contributed by atoms with Gasteiger partial charge in [0.1, 0.15) is 0 Å². The Hall–Kier alpha value is -2.02. The van der Waals surface area contributed by atoms with E-state index < -0.39 is 21.8 Å². The van der Waals surface area contributed by atoms with Crippen LogP contribution in [0.3, 0.4) is 0 Å². The lowest BCUT2D eigenvalue weighted by molar-refractivity contribution is -0.137. The van der Waals surface area contributed by atoms with Crippen molar-refractivity contribution in [3.8, 4) is 0 Å². The van der Waals surface area contributed by atoms with Crippen molar-refractivity contribution >= 4 is 15.7 Å². The van der Waals surface area contributed by atoms with Crippen molar-refractivity contribution < 1.29 is 21.6 Å². The number of rotatable bonds is 2. The molecule has 0 saturated heterocycles. The van der Waals surface area contributed by atoms with Crippen LogP contribution in [0.25, 0.3) is 0 Å². The lowest BCUT2D eigenvalue weighted by Crippen LogP contribution is -2.35. The molecule has 0 aliphatic carbocycles. The zero-order chi connectivity index (χ0) is 16.8. The van der Waals surface area contributed by atoms with Crippen LogP contribution < -0.4 is 4.31 Å². The van der Waals surface area contributed by atoms with Crippen LogP contribution in [0, 0.1) is 0 Å². The van der Waals surface area contributed by atoms with Crippen molar-refractivity contribution in [1.29, 1.82) is 0 Å². The Morgan fingerprint density at radius 2 is 1.65 bits per heavy atom. The second-order valence-corrected chi connectivity index (χ2v) is 7.32. The molecule has 0 radical (unpaired) electrons. The zero-order valence-electron chi connectivity index (χ0n) is 12.2. The average molecular weight is 341 g/mol. The molecule has 23 heavy (non-hydrogen) atoms. The third-order valence-electron chi connectivity index (χ3n) is 3.88. The topological polar surface area (TPSA) is 37.4 Å². The zero-order valence-corrected chi connectivity index (χ0v) is 13.0. The highest BCUT2D eigenvalue weighted by Gasteiger charge is 2.36. The molecule has 0 spiro atoms. The van der Waals surface area contributed by atoms with Crippen molar-refractivity contribution in [3.63, 3.8) is 0 Å². The number of hydrogen-bond donors (Lipinski definition) is 0. The molecule has 0 bridgehead atoms. The first kappa shape index (κ1) is 15.9. The van der Waals surface area contributed by atoms with Crippen LogP contribution >= 0.6 is 0 Å². The number of halogens is 3. The summed E-state index contributed by atoms with van der Waals surface area (Å²) in [5, 5.41) is 0. The van der Waals surface area contributed by atoms with E-state index in [0.29, 0.717) is 12.1 Å². The number of alkyl halides is 3. The fraction of sp³-hybridized carbons (Fsp3) is 0.250. The van der Waals surface area contributed by atoms with Gasteiger partial charge in [-0.15, -0.1) is 0 Å². The van der Waals surface area contributed by atoms with E-state index in [1.54, 1.807) is 19.1 Å². The maximum absolute atomic E-state index is 12.8. The molecule has 3 rings (SSSR count). The summed E-state index contributed by atoms with van der Waals surface area (Å²) in [6, 6.07) is 10.5. The molecule has 3 nitrogen and oxygen atoms in total. The van der Waals surface area contributed by atoms with Crippen LogP contribution in [0.2, 0.25) is 0 Å². The fourth-order valence-electron chi connectivity index (χ4n) is 2.83. The maximum Gasteiger partial charge on any atom is 0.416 e. The van der Waals surface area contributed by atoms with Gasteiger partial charge in [0.2, 0.25) is 0 Å². The van der Waals surface area contributed by atoms with E-state index in [9.17, 15) is 21.6 Å². The lowest BCUT2D eigenvalue weighted by atomic mass is 10.1. The monoisotopic (exact) mass is 341 g/mol. The molecule has 0 aromatic heterocycles. The Kier molecular flexibility index (Phi) is 3.63. The average Bonchev–Trinajstić information content (AvgIpc) is 2.83. The van der Waals surface area contributed by atoms with Gasteiger partial charge in [0.25, 0.3) is 10.0 Å². The van der Waals surface area contributed by atoms with Crippen molar-refractivity contribution in [1.82, 2.24) is 0 Å². The second kappa shape index (κ2) is 5.26. The van der Waals surface area contributed by atoms with Gasteiger partial charge < -0.3 is 0 Å². The SMILES string of the molecule is C[C@H]1Cc2ccccc2N1S(=O)(=O)c1ccc(C(F)(F)F)cc1. The Morgan fingerprint density at radius 3 is 2.26 bits per heavy atom. The number of fused-ring (bicyclic) bond motifs is 1. The number of benzene rings is 2. The standard InChI is InChI=1S/C16H14F3NO2S/c1-11-10-12-4-2-3-5-15(12)20(11)23(21,22)14-8-6-13(7-9-14)16(17,18)19/h2-9,11H,10H2,1H3/t11-/m0/s1. The van der Waals surface area contributed by atoms with E-state index in [1.165, 1.54) is 4.31 Å². The molecule has 0 N–H and O–H groups in total. The molecular formula is C16H14F3NO2S. The molecule has 2 aromatic rings. The summed E-state index contributed by atoms with van der Waals surface area (Å²) in [6.45, 7) is 1.78. The van der Waals surface area contributed by atoms with Crippen molar-refractivity contribution in [2.75, 3.05) is 4.31 Å². The Balaban J connectivity index is 2.02. The van der Waals surface area contributed by atoms with Gasteiger partial charge in [0, 0.05) is 6.04 Å². The summed E-state index contributed by atoms with van der Waals surface area (Å²) in [4.78, 5) is -0.144. The largest absolute Gasteiger partial charge is 0.416 e. The molecule has 1 aliphatic heterocycles. The smallest absolute Gasteiger partial charge is 0.263 e. The molecule has 2 aromatic carbocycles. The maximum atomic E-state index is 12.8. The van der Waals surface area contributed by atoms with Gasteiger partial charge in [-0.3, -0.25) is 4.31 Å². The molecule has 1 heterocycles. The van der Waals surface area contributed by atoms with Crippen molar-refractivity contribution in [2.24, 2.45) is 0 Å². The van der Waals surface area contributed by atoms with Crippen LogP contribution in [0.1, 0.15) is 18.1 Å². The summed E-state index contributed by atoms with van der Waals surface area (Å²) in [7, 11) is -3.90. The molecule has 0 fully saturated rings. The predicted molar refractivity (Wildman–Crippen MR) is 80.7 cm³/mol. The number of hydrogen-bond acceptors (Lipinski definition) is 2. The Labute approximate surface area is 132 Å². The van der Waals surface area contributed by atoms with Crippen LogP contribution in [0.4, 0.5) is 18.9 Å². The predicted octanol–water partition coefficient (Wildman–Crippen LogP) is 3.85. The highest BCUT2D eigenvalue weighted by Crippen LogP contribution is 2.37. The summed E-state index contributed by atoms with van der Waals surface area (Å²) in [5.41, 5.74) is 0.627. The number of para-hydroxylation sites is 1. The number of nitrogens with zero attached hydrogens (tertiary/aromatic N) is 1. The van der Waals surface area contributed by atoms with Crippen LogP contribution in [-0.2, 0) is 22.6 Å². The van der Waals surface area contributed by atoms with E-state index in [0.717, 1.165) is 29.8 Å². The molecule has 1 aliphatic rings. The van der Waals surface area contributed by atoms with Crippen molar-refractivity contribution in [3.05, 3.63) is 59.7 Å². The van der Waals surface area contributed by atoms with E-state index in [1.807, 2.05) is 12.1 Å². The number of anilines is 1. The summed E-state index contributed by atoms with van der Waals surface area (Å²) >= 11 is 0. The number of sulfonamides is 1. The van der Waals surface area contributed by atoms with Gasteiger partial charge in [0.15, 0.2) is 0 Å². The lowest BCUT2D eigenvalue weighted by Gasteiger charge is -2.24. The van der Waals surface area contributed by atoms with Gasteiger partial charge in [-0.1, -0.05) is 18.2 Å². The van der Waals surface area contributed by atoms with Crippen LogP contribution in [0.15, 0.2) is 53.4 Å². The minimum absolute atomic E-state index is 0.144. The van der Waals surface area contributed by atoms with Gasteiger partial charge in [-0.05, 0) is 49.2 Å². The van der Waals surface area contributed by atoms with Gasteiger partial charge in [-0.2, -0.15) is 13.2 Å².